The van der Waals surface area contributed by atoms with Gasteiger partial charge < -0.3 is 5.11 Å². The highest BCUT2D eigenvalue weighted by Crippen LogP contribution is 2.63. The maximum atomic E-state index is 14.5. The third-order valence-corrected chi connectivity index (χ3v) is 8.44. The van der Waals surface area contributed by atoms with Crippen LogP contribution in [0.5, 0.6) is 0 Å². The van der Waals surface area contributed by atoms with Crippen molar-refractivity contribution in [3.05, 3.63) is 57.9 Å². The van der Waals surface area contributed by atoms with Crippen LogP contribution in [-0.4, -0.2) is 23.2 Å². The first-order chi connectivity index (χ1) is 15.9. The molecule has 2 saturated carbocycles. The summed E-state index contributed by atoms with van der Waals surface area (Å²) >= 11 is 0. The summed E-state index contributed by atoms with van der Waals surface area (Å²) in [6, 6.07) is 5.67. The molecule has 6 heteroatoms. The predicted molar refractivity (Wildman–Crippen MR) is 122 cm³/mol. The first kappa shape index (κ1) is 24.7. The highest BCUT2D eigenvalue weighted by molar-refractivity contribution is 5.93. The molecule has 5 atom stereocenters. The van der Waals surface area contributed by atoms with Gasteiger partial charge in [-0.1, -0.05) is 24.6 Å². The van der Waals surface area contributed by atoms with Crippen LogP contribution in [0.4, 0.5) is 17.6 Å². The van der Waals surface area contributed by atoms with Crippen LogP contribution in [0.2, 0.25) is 0 Å². The van der Waals surface area contributed by atoms with Crippen molar-refractivity contribution in [2.45, 2.75) is 77.0 Å². The third-order valence-electron chi connectivity index (χ3n) is 8.44. The van der Waals surface area contributed by atoms with Crippen molar-refractivity contribution < 1.29 is 27.5 Å². The van der Waals surface area contributed by atoms with E-state index < -0.39 is 6.18 Å². The Morgan fingerprint density at radius 1 is 1.15 bits per heavy atom. The molecule has 0 bridgehead atoms. The molecule has 0 amide bonds. The molecule has 1 aromatic rings. The first-order valence-corrected chi connectivity index (χ1v) is 11.9. The van der Waals surface area contributed by atoms with Gasteiger partial charge in [-0.2, -0.15) is 13.2 Å². The number of halogens is 4. The number of carbonyl (C=O) groups is 1. The van der Waals surface area contributed by atoms with Crippen molar-refractivity contribution in [3.63, 3.8) is 0 Å². The lowest BCUT2D eigenvalue weighted by atomic mass is 9.53. The second-order valence-corrected chi connectivity index (χ2v) is 10.3. The van der Waals surface area contributed by atoms with Gasteiger partial charge in [-0.15, -0.1) is 6.42 Å². The van der Waals surface area contributed by atoms with E-state index in [-0.39, 0.29) is 29.0 Å². The fourth-order valence-corrected chi connectivity index (χ4v) is 6.76. The maximum absolute atomic E-state index is 14.5. The zero-order chi connectivity index (χ0) is 24.8. The first-order valence-electron chi connectivity index (χ1n) is 11.9. The topological polar surface area (TPSA) is 37.3 Å². The van der Waals surface area contributed by atoms with Gasteiger partial charge in [-0.3, -0.25) is 4.79 Å². The van der Waals surface area contributed by atoms with Crippen LogP contribution in [-0.2, 0) is 4.79 Å². The second kappa shape index (κ2) is 9.00. The Labute approximate surface area is 198 Å². The van der Waals surface area contributed by atoms with Gasteiger partial charge in [0.2, 0.25) is 0 Å². The highest BCUT2D eigenvalue weighted by Gasteiger charge is 2.56. The van der Waals surface area contributed by atoms with Gasteiger partial charge in [-0.25, -0.2) is 4.39 Å². The number of ketones is 1. The lowest BCUT2D eigenvalue weighted by Gasteiger charge is -2.52. The Morgan fingerprint density at radius 2 is 1.85 bits per heavy atom. The molecule has 1 aromatic carbocycles. The van der Waals surface area contributed by atoms with Gasteiger partial charge in [0.15, 0.2) is 5.78 Å². The highest BCUT2D eigenvalue weighted by atomic mass is 19.4. The maximum Gasteiger partial charge on any atom is 0.457 e. The summed E-state index contributed by atoms with van der Waals surface area (Å²) in [6.07, 6.45) is 7.35. The van der Waals surface area contributed by atoms with Crippen LogP contribution in [0.1, 0.15) is 68.9 Å². The standard InChI is InChI=1S/C25H29FO2.C3HF3/c1-14-3-4-16(12-22(14)26)20-13-25(2)21(9-10-23(25)28)19-7-5-15-11-17(27)6-8-18(15)24(19)20;1-2-3(4,5)6/h3-4,11-12,19-21,23,28H,5-10,13H2,1-2H3;1H. The van der Waals surface area contributed by atoms with Crippen molar-refractivity contribution in [3.8, 4) is 12.3 Å². The smallest absolute Gasteiger partial charge is 0.393 e. The second-order valence-electron chi connectivity index (χ2n) is 10.3. The average Bonchev–Trinajstić information content (AvgIpc) is 3.09. The third kappa shape index (κ3) is 4.47. The number of fused-ring (bicyclic) bond motifs is 4. The molecule has 182 valence electrons. The summed E-state index contributed by atoms with van der Waals surface area (Å²) in [7, 11) is 0. The van der Waals surface area contributed by atoms with E-state index in [1.54, 1.807) is 13.0 Å². The summed E-state index contributed by atoms with van der Waals surface area (Å²) in [5.74, 6) is 1.78. The van der Waals surface area contributed by atoms with Crippen LogP contribution < -0.4 is 0 Å². The van der Waals surface area contributed by atoms with Crippen LogP contribution >= 0.6 is 0 Å². The fraction of sp³-hybridized carbons (Fsp3) is 0.536. The molecule has 1 N–H and O–H groups in total. The van der Waals surface area contributed by atoms with E-state index in [1.165, 1.54) is 16.7 Å². The minimum Gasteiger partial charge on any atom is -0.393 e. The van der Waals surface area contributed by atoms with E-state index in [4.69, 9.17) is 0 Å². The van der Waals surface area contributed by atoms with Crippen LogP contribution in [0.3, 0.4) is 0 Å². The monoisotopic (exact) mass is 474 g/mol. The molecule has 0 radical (unpaired) electrons. The minimum atomic E-state index is -4.43. The van der Waals surface area contributed by atoms with Gasteiger partial charge in [0.25, 0.3) is 0 Å². The molecule has 0 spiro atoms. The number of terminal acetylenes is 1. The summed E-state index contributed by atoms with van der Waals surface area (Å²) in [4.78, 5) is 12.0. The molecule has 5 unspecified atom stereocenters. The zero-order valence-corrected chi connectivity index (χ0v) is 19.5. The number of allylic oxidation sites excluding steroid dienone is 4. The van der Waals surface area contributed by atoms with E-state index in [0.717, 1.165) is 44.1 Å². The molecule has 2 nitrogen and oxygen atoms in total. The van der Waals surface area contributed by atoms with E-state index in [1.807, 2.05) is 12.1 Å². The molecule has 2 fully saturated rings. The normalized spacial score (nSPS) is 32.5. The van der Waals surface area contributed by atoms with Crippen molar-refractivity contribution >= 4 is 5.78 Å². The SMILES string of the molecule is C#CC(F)(F)F.Cc1ccc(C2CC3(C)C(O)CCC3C3CCC4=CC(=O)CCC4=C23)cc1F. The lowest BCUT2D eigenvalue weighted by Crippen LogP contribution is -2.45. The molecule has 0 aliphatic heterocycles. The summed E-state index contributed by atoms with van der Waals surface area (Å²) in [5, 5.41) is 10.9. The van der Waals surface area contributed by atoms with Crippen molar-refractivity contribution in [2.75, 3.05) is 0 Å². The number of aryl methyl sites for hydroxylation is 1. The molecular formula is C28H30F4O2. The molecule has 4 aliphatic rings. The van der Waals surface area contributed by atoms with Gasteiger partial charge in [0, 0.05) is 18.3 Å². The van der Waals surface area contributed by atoms with E-state index in [2.05, 4.69) is 19.4 Å². The van der Waals surface area contributed by atoms with Crippen molar-refractivity contribution in [1.29, 1.82) is 0 Å². The van der Waals surface area contributed by atoms with Gasteiger partial charge in [-0.05, 0) is 97.1 Å². The average molecular weight is 475 g/mol. The lowest BCUT2D eigenvalue weighted by molar-refractivity contribution is -0.114. The zero-order valence-electron chi connectivity index (χ0n) is 19.5. The summed E-state index contributed by atoms with van der Waals surface area (Å²) in [5.41, 5.74) is 5.67. The Balaban J connectivity index is 0.000000408. The Bertz CT molecular complexity index is 1090. The van der Waals surface area contributed by atoms with Gasteiger partial charge in [0.05, 0.1) is 6.10 Å². The fourth-order valence-electron chi connectivity index (χ4n) is 6.76. The molecule has 0 aromatic heterocycles. The Morgan fingerprint density at radius 3 is 2.50 bits per heavy atom. The number of benzene rings is 1. The van der Waals surface area contributed by atoms with Crippen molar-refractivity contribution in [2.24, 2.45) is 17.3 Å². The van der Waals surface area contributed by atoms with Crippen LogP contribution in [0, 0.1) is 42.3 Å². The largest absolute Gasteiger partial charge is 0.457 e. The molecule has 0 saturated heterocycles. The summed E-state index contributed by atoms with van der Waals surface area (Å²) in [6.45, 7) is 4.06. The summed E-state index contributed by atoms with van der Waals surface area (Å²) < 4.78 is 46.1. The number of carbonyl (C=O) groups excluding carboxylic acids is 1. The quantitative estimate of drug-likeness (QED) is 0.369. The minimum absolute atomic E-state index is 0.105. The molecule has 34 heavy (non-hydrogen) atoms. The van der Waals surface area contributed by atoms with Crippen molar-refractivity contribution in [1.82, 2.24) is 0 Å². The number of rotatable bonds is 1. The van der Waals surface area contributed by atoms with Gasteiger partial charge >= 0.3 is 6.18 Å². The number of alkyl halides is 3. The number of hydrogen-bond acceptors (Lipinski definition) is 2. The van der Waals surface area contributed by atoms with E-state index in [9.17, 15) is 27.5 Å². The van der Waals surface area contributed by atoms with Gasteiger partial charge in [0.1, 0.15) is 5.82 Å². The van der Waals surface area contributed by atoms with E-state index in [0.29, 0.717) is 29.7 Å². The number of hydrogen-bond donors (Lipinski definition) is 1. The number of aliphatic hydroxyl groups excluding tert-OH is 1. The molecule has 4 aliphatic carbocycles. The van der Waals surface area contributed by atoms with E-state index >= 15 is 0 Å². The molecular weight excluding hydrogens is 444 g/mol. The predicted octanol–water partition coefficient (Wildman–Crippen LogP) is 6.58. The molecule has 0 heterocycles. The van der Waals surface area contributed by atoms with Crippen LogP contribution in [0.25, 0.3) is 0 Å². The molecule has 5 rings (SSSR count). The van der Waals surface area contributed by atoms with Crippen LogP contribution in [0.15, 0.2) is 41.0 Å². The number of aliphatic hydroxyl groups is 1. The Hall–Kier alpha value is -2.39. The Kier molecular flexibility index (Phi) is 6.54.